The van der Waals surface area contributed by atoms with E-state index in [1.165, 1.54) is 5.56 Å². The van der Waals surface area contributed by atoms with Crippen molar-refractivity contribution < 1.29 is 4.39 Å². The Labute approximate surface area is 125 Å². The monoisotopic (exact) mass is 281 g/mol. The summed E-state index contributed by atoms with van der Waals surface area (Å²) in [7, 11) is 0. The van der Waals surface area contributed by atoms with E-state index in [9.17, 15) is 4.39 Å². The molecule has 0 amide bonds. The second-order valence-corrected chi connectivity index (χ2v) is 5.55. The summed E-state index contributed by atoms with van der Waals surface area (Å²) in [5, 5.41) is 0. The normalized spacial score (nSPS) is 16.0. The van der Waals surface area contributed by atoms with Crippen LogP contribution in [0.2, 0.25) is 0 Å². The lowest BCUT2D eigenvalue weighted by Gasteiger charge is -2.28. The third-order valence-electron chi connectivity index (χ3n) is 4.05. The molecule has 0 radical (unpaired) electrons. The molecule has 3 rings (SSSR count). The van der Waals surface area contributed by atoms with Gasteiger partial charge in [0.05, 0.1) is 0 Å². The summed E-state index contributed by atoms with van der Waals surface area (Å²) in [5.41, 5.74) is 3.00. The highest BCUT2D eigenvalue weighted by Crippen LogP contribution is 2.28. The predicted octanol–water partition coefficient (Wildman–Crippen LogP) is 4.66. The highest BCUT2D eigenvalue weighted by Gasteiger charge is 2.18. The lowest BCUT2D eigenvalue weighted by molar-refractivity contribution is 0.247. The van der Waals surface area contributed by atoms with Crippen LogP contribution in [-0.4, -0.2) is 18.0 Å². The SMILES string of the molecule is FC(=C1CCN(Cc2ccccc2)CC1)c1ccccc1. The topological polar surface area (TPSA) is 3.24 Å². The van der Waals surface area contributed by atoms with Gasteiger partial charge in [-0.1, -0.05) is 60.7 Å². The molecule has 0 bridgehead atoms. The Kier molecular flexibility index (Phi) is 4.46. The number of hydrogen-bond acceptors (Lipinski definition) is 1. The Morgan fingerprint density at radius 3 is 2.05 bits per heavy atom. The van der Waals surface area contributed by atoms with Gasteiger partial charge in [0, 0.05) is 25.2 Å². The third kappa shape index (κ3) is 3.59. The molecular weight excluding hydrogens is 261 g/mol. The van der Waals surface area contributed by atoms with E-state index in [0.717, 1.165) is 38.0 Å². The van der Waals surface area contributed by atoms with E-state index in [-0.39, 0.29) is 5.83 Å². The molecule has 0 N–H and O–H groups in total. The molecule has 0 spiro atoms. The van der Waals surface area contributed by atoms with Crippen molar-refractivity contribution in [2.45, 2.75) is 19.4 Å². The van der Waals surface area contributed by atoms with Gasteiger partial charge in [-0.15, -0.1) is 0 Å². The highest BCUT2D eigenvalue weighted by atomic mass is 19.1. The van der Waals surface area contributed by atoms with Crippen LogP contribution in [-0.2, 0) is 6.54 Å². The number of piperidine rings is 1. The molecule has 0 saturated carbocycles. The molecule has 1 heterocycles. The molecule has 108 valence electrons. The summed E-state index contributed by atoms with van der Waals surface area (Å²) < 4.78 is 14.4. The zero-order valence-electron chi connectivity index (χ0n) is 12.1. The van der Waals surface area contributed by atoms with Crippen LogP contribution in [0.25, 0.3) is 5.83 Å². The number of nitrogens with zero attached hydrogens (tertiary/aromatic N) is 1. The first-order chi connectivity index (χ1) is 10.3. The van der Waals surface area contributed by atoms with Crippen molar-refractivity contribution >= 4 is 5.83 Å². The zero-order chi connectivity index (χ0) is 14.5. The maximum atomic E-state index is 14.4. The Morgan fingerprint density at radius 1 is 0.857 bits per heavy atom. The van der Waals surface area contributed by atoms with E-state index in [4.69, 9.17) is 0 Å². The minimum atomic E-state index is -0.0186. The van der Waals surface area contributed by atoms with Crippen molar-refractivity contribution in [3.8, 4) is 0 Å². The van der Waals surface area contributed by atoms with E-state index in [2.05, 4.69) is 29.2 Å². The molecular formula is C19H20FN. The molecule has 1 aliphatic rings. The molecule has 1 saturated heterocycles. The molecule has 2 aromatic carbocycles. The minimum absolute atomic E-state index is 0.0186. The van der Waals surface area contributed by atoms with Crippen molar-refractivity contribution in [2.24, 2.45) is 0 Å². The summed E-state index contributed by atoms with van der Waals surface area (Å²) in [4.78, 5) is 2.40. The average molecular weight is 281 g/mol. The Bertz CT molecular complexity index is 594. The lowest BCUT2D eigenvalue weighted by atomic mass is 9.99. The van der Waals surface area contributed by atoms with Crippen molar-refractivity contribution in [1.29, 1.82) is 0 Å². The molecule has 0 aliphatic carbocycles. The smallest absolute Gasteiger partial charge is 0.129 e. The van der Waals surface area contributed by atoms with E-state index < -0.39 is 0 Å². The number of rotatable bonds is 3. The van der Waals surface area contributed by atoms with Crippen LogP contribution < -0.4 is 0 Å². The minimum Gasteiger partial charge on any atom is -0.298 e. The number of benzene rings is 2. The van der Waals surface area contributed by atoms with Gasteiger partial charge in [-0.2, -0.15) is 0 Å². The summed E-state index contributed by atoms with van der Waals surface area (Å²) in [6.07, 6.45) is 1.65. The van der Waals surface area contributed by atoms with Gasteiger partial charge in [-0.3, -0.25) is 4.90 Å². The van der Waals surface area contributed by atoms with Gasteiger partial charge in [0.1, 0.15) is 5.83 Å². The highest BCUT2D eigenvalue weighted by molar-refractivity contribution is 5.62. The Morgan fingerprint density at radius 2 is 1.43 bits per heavy atom. The van der Waals surface area contributed by atoms with Crippen molar-refractivity contribution in [3.05, 3.63) is 77.4 Å². The zero-order valence-corrected chi connectivity index (χ0v) is 12.1. The van der Waals surface area contributed by atoms with Gasteiger partial charge < -0.3 is 0 Å². The van der Waals surface area contributed by atoms with Gasteiger partial charge >= 0.3 is 0 Å². The molecule has 1 fully saturated rings. The number of halogens is 1. The second kappa shape index (κ2) is 6.68. The van der Waals surface area contributed by atoms with E-state index in [1.54, 1.807) is 0 Å². The fourth-order valence-electron chi connectivity index (χ4n) is 2.83. The Hall–Kier alpha value is -1.93. The van der Waals surface area contributed by atoms with Crippen LogP contribution in [0.1, 0.15) is 24.0 Å². The maximum absolute atomic E-state index is 14.4. The molecule has 0 atom stereocenters. The predicted molar refractivity (Wildman–Crippen MR) is 85.4 cm³/mol. The van der Waals surface area contributed by atoms with Crippen LogP contribution in [0.15, 0.2) is 66.2 Å². The van der Waals surface area contributed by atoms with Crippen molar-refractivity contribution in [3.63, 3.8) is 0 Å². The lowest BCUT2D eigenvalue weighted by Crippen LogP contribution is -2.30. The molecule has 21 heavy (non-hydrogen) atoms. The van der Waals surface area contributed by atoms with Crippen molar-refractivity contribution in [2.75, 3.05) is 13.1 Å². The summed E-state index contributed by atoms with van der Waals surface area (Å²) in [6.45, 7) is 2.83. The summed E-state index contributed by atoms with van der Waals surface area (Å²) >= 11 is 0. The molecule has 2 heteroatoms. The molecule has 1 nitrogen and oxygen atoms in total. The van der Waals surface area contributed by atoms with E-state index in [0.29, 0.717) is 5.56 Å². The van der Waals surface area contributed by atoms with Gasteiger partial charge in [-0.05, 0) is 24.0 Å². The third-order valence-corrected chi connectivity index (χ3v) is 4.05. The van der Waals surface area contributed by atoms with Gasteiger partial charge in [0.15, 0.2) is 0 Å². The van der Waals surface area contributed by atoms with Gasteiger partial charge in [0.25, 0.3) is 0 Å². The van der Waals surface area contributed by atoms with Crippen LogP contribution in [0.3, 0.4) is 0 Å². The van der Waals surface area contributed by atoms with Crippen molar-refractivity contribution in [1.82, 2.24) is 4.90 Å². The van der Waals surface area contributed by atoms with Crippen LogP contribution >= 0.6 is 0 Å². The number of hydrogen-bond donors (Lipinski definition) is 0. The first-order valence-corrected chi connectivity index (χ1v) is 7.52. The summed E-state index contributed by atoms with van der Waals surface area (Å²) in [6, 6.07) is 19.9. The summed E-state index contributed by atoms with van der Waals surface area (Å²) in [5.74, 6) is -0.0186. The number of likely N-dealkylation sites (tertiary alicyclic amines) is 1. The largest absolute Gasteiger partial charge is 0.298 e. The van der Waals surface area contributed by atoms with Crippen LogP contribution in [0.4, 0.5) is 4.39 Å². The quantitative estimate of drug-likeness (QED) is 0.790. The second-order valence-electron chi connectivity index (χ2n) is 5.55. The fraction of sp³-hybridized carbons (Fsp3) is 0.263. The van der Waals surface area contributed by atoms with E-state index in [1.807, 2.05) is 36.4 Å². The first kappa shape index (κ1) is 14.0. The van der Waals surface area contributed by atoms with Gasteiger partial charge in [0.2, 0.25) is 0 Å². The molecule has 2 aromatic rings. The fourth-order valence-corrected chi connectivity index (χ4v) is 2.83. The van der Waals surface area contributed by atoms with Crippen LogP contribution in [0, 0.1) is 0 Å². The first-order valence-electron chi connectivity index (χ1n) is 7.52. The molecule has 0 unspecified atom stereocenters. The Balaban J connectivity index is 1.63. The molecule has 0 aromatic heterocycles. The average Bonchev–Trinajstić information content (AvgIpc) is 2.57. The van der Waals surface area contributed by atoms with Gasteiger partial charge in [-0.25, -0.2) is 4.39 Å². The maximum Gasteiger partial charge on any atom is 0.129 e. The standard InChI is InChI=1S/C19H20FN/c20-19(17-9-5-2-6-10-17)18-11-13-21(14-12-18)15-16-7-3-1-4-8-16/h1-10H,11-15H2. The van der Waals surface area contributed by atoms with Crippen LogP contribution in [0.5, 0.6) is 0 Å². The van der Waals surface area contributed by atoms with E-state index >= 15 is 0 Å². The molecule has 1 aliphatic heterocycles.